The van der Waals surface area contributed by atoms with Crippen LogP contribution in [-0.4, -0.2) is 50.0 Å². The van der Waals surface area contributed by atoms with E-state index < -0.39 is 0 Å². The summed E-state index contributed by atoms with van der Waals surface area (Å²) in [6.07, 6.45) is 5.90. The van der Waals surface area contributed by atoms with Gasteiger partial charge >= 0.3 is 0 Å². The van der Waals surface area contributed by atoms with Crippen LogP contribution in [0.1, 0.15) is 42.4 Å². The highest BCUT2D eigenvalue weighted by Crippen LogP contribution is 2.30. The molecule has 1 aliphatic carbocycles. The van der Waals surface area contributed by atoms with Gasteiger partial charge in [-0.25, -0.2) is 0 Å². The molecule has 3 aliphatic rings. The van der Waals surface area contributed by atoms with Crippen molar-refractivity contribution in [2.24, 2.45) is 11.8 Å². The summed E-state index contributed by atoms with van der Waals surface area (Å²) in [4.78, 5) is 29.8. The Hall–Kier alpha value is -2.86. The maximum atomic E-state index is 12.8. The summed E-state index contributed by atoms with van der Waals surface area (Å²) in [5.74, 6) is 1.22. The van der Waals surface area contributed by atoms with E-state index in [1.54, 1.807) is 12.0 Å². The van der Waals surface area contributed by atoms with Gasteiger partial charge in [0.2, 0.25) is 11.8 Å². The Morgan fingerprint density at radius 2 is 1.82 bits per heavy atom. The van der Waals surface area contributed by atoms with Crippen LogP contribution in [0.15, 0.2) is 42.5 Å². The van der Waals surface area contributed by atoms with Crippen LogP contribution in [0.5, 0.6) is 5.75 Å². The highest BCUT2D eigenvalue weighted by molar-refractivity contribution is 6.00. The standard InChI is InChI=1S/C28H35N3O3/c1-34-26-9-5-21(6-10-26)18-30-13-11-20(12-14-30)17-29-28(33)24-16-27(32)31(19-24)25-8-7-22-3-2-4-23(22)15-25/h5-10,15,20,24H,2-4,11-14,16-19H2,1H3,(H,29,33). The number of fused-ring (bicyclic) bond motifs is 1. The lowest BCUT2D eigenvalue weighted by atomic mass is 9.96. The molecule has 2 amide bonds. The number of aryl methyl sites for hydroxylation is 2. The molecule has 2 saturated heterocycles. The third-order valence-corrected chi connectivity index (χ3v) is 7.73. The molecule has 2 aromatic carbocycles. The molecule has 34 heavy (non-hydrogen) atoms. The molecule has 2 aromatic rings. The van der Waals surface area contributed by atoms with Crippen LogP contribution in [0.2, 0.25) is 0 Å². The quantitative estimate of drug-likeness (QED) is 0.685. The first kappa shape index (κ1) is 22.9. The Bertz CT molecular complexity index is 1030. The first-order chi connectivity index (χ1) is 16.6. The van der Waals surface area contributed by atoms with E-state index in [2.05, 4.69) is 34.5 Å². The van der Waals surface area contributed by atoms with Crippen molar-refractivity contribution in [3.05, 3.63) is 59.2 Å². The third kappa shape index (κ3) is 5.12. The second-order valence-electron chi connectivity index (χ2n) is 10.0. The van der Waals surface area contributed by atoms with Crippen molar-refractivity contribution in [1.82, 2.24) is 10.2 Å². The second-order valence-corrected chi connectivity index (χ2v) is 10.0. The number of carbonyl (C=O) groups excluding carboxylic acids is 2. The highest BCUT2D eigenvalue weighted by atomic mass is 16.5. The van der Waals surface area contributed by atoms with E-state index in [1.807, 2.05) is 18.2 Å². The third-order valence-electron chi connectivity index (χ3n) is 7.73. The fourth-order valence-corrected chi connectivity index (χ4v) is 5.59. The maximum absolute atomic E-state index is 12.8. The summed E-state index contributed by atoms with van der Waals surface area (Å²) in [7, 11) is 1.69. The van der Waals surface area contributed by atoms with E-state index in [0.717, 1.165) is 56.8 Å². The van der Waals surface area contributed by atoms with Gasteiger partial charge in [-0.15, -0.1) is 0 Å². The molecule has 1 atom stereocenters. The van der Waals surface area contributed by atoms with Crippen molar-refractivity contribution in [3.63, 3.8) is 0 Å². The Morgan fingerprint density at radius 3 is 2.59 bits per heavy atom. The number of piperidine rings is 1. The molecule has 0 aromatic heterocycles. The smallest absolute Gasteiger partial charge is 0.227 e. The van der Waals surface area contributed by atoms with Gasteiger partial charge < -0.3 is 15.0 Å². The number of likely N-dealkylation sites (tertiary alicyclic amines) is 1. The largest absolute Gasteiger partial charge is 0.497 e. The number of anilines is 1. The summed E-state index contributed by atoms with van der Waals surface area (Å²) in [6.45, 7) is 4.23. The normalized spacial score (nSPS) is 21.0. The molecule has 5 rings (SSSR count). The molecule has 0 spiro atoms. The number of methoxy groups -OCH3 is 1. The van der Waals surface area contributed by atoms with E-state index in [1.165, 1.54) is 23.1 Å². The zero-order valence-corrected chi connectivity index (χ0v) is 20.1. The van der Waals surface area contributed by atoms with Gasteiger partial charge in [0.05, 0.1) is 13.0 Å². The zero-order valence-electron chi connectivity index (χ0n) is 20.1. The molecule has 6 heteroatoms. The SMILES string of the molecule is COc1ccc(CN2CCC(CNC(=O)C3CC(=O)N(c4ccc5c(c4)CCC5)C3)CC2)cc1. The van der Waals surface area contributed by atoms with Crippen LogP contribution in [0, 0.1) is 11.8 Å². The molecular weight excluding hydrogens is 426 g/mol. The van der Waals surface area contributed by atoms with Gasteiger partial charge in [0.15, 0.2) is 0 Å². The molecule has 0 saturated carbocycles. The second kappa shape index (κ2) is 10.2. The fraction of sp³-hybridized carbons (Fsp3) is 0.500. The molecule has 2 heterocycles. The summed E-state index contributed by atoms with van der Waals surface area (Å²) in [6, 6.07) is 14.6. The van der Waals surface area contributed by atoms with Gasteiger partial charge in [-0.2, -0.15) is 0 Å². The molecular formula is C28H35N3O3. The monoisotopic (exact) mass is 461 g/mol. The number of nitrogens with one attached hydrogen (secondary N) is 1. The summed E-state index contributed by atoms with van der Waals surface area (Å²) in [5, 5.41) is 3.16. The minimum Gasteiger partial charge on any atom is -0.497 e. The van der Waals surface area contributed by atoms with Gasteiger partial charge in [0, 0.05) is 31.7 Å². The van der Waals surface area contributed by atoms with Crippen LogP contribution >= 0.6 is 0 Å². The number of carbonyl (C=O) groups is 2. The predicted octanol–water partition coefficient (Wildman–Crippen LogP) is 3.57. The minimum atomic E-state index is -0.254. The van der Waals surface area contributed by atoms with Crippen LogP contribution in [-0.2, 0) is 29.0 Å². The predicted molar refractivity (Wildman–Crippen MR) is 133 cm³/mol. The Kier molecular flexibility index (Phi) is 6.86. The molecule has 0 radical (unpaired) electrons. The van der Waals surface area contributed by atoms with Crippen LogP contribution < -0.4 is 15.0 Å². The molecule has 1 unspecified atom stereocenters. The van der Waals surface area contributed by atoms with E-state index in [9.17, 15) is 9.59 Å². The van der Waals surface area contributed by atoms with Gasteiger partial charge in [0.1, 0.15) is 5.75 Å². The van der Waals surface area contributed by atoms with Gasteiger partial charge in [-0.3, -0.25) is 14.5 Å². The van der Waals surface area contributed by atoms with Crippen molar-refractivity contribution in [2.45, 2.75) is 45.1 Å². The minimum absolute atomic E-state index is 0.0256. The fourth-order valence-electron chi connectivity index (χ4n) is 5.59. The van der Waals surface area contributed by atoms with Crippen molar-refractivity contribution >= 4 is 17.5 Å². The highest BCUT2D eigenvalue weighted by Gasteiger charge is 2.35. The van der Waals surface area contributed by atoms with Crippen molar-refractivity contribution in [3.8, 4) is 5.75 Å². The number of hydrogen-bond acceptors (Lipinski definition) is 4. The van der Waals surface area contributed by atoms with Crippen LogP contribution in [0.25, 0.3) is 0 Å². The number of rotatable bonds is 7. The number of amides is 2. The lowest BCUT2D eigenvalue weighted by molar-refractivity contribution is -0.126. The Labute approximate surface area is 202 Å². The van der Waals surface area contributed by atoms with Gasteiger partial charge in [0.25, 0.3) is 0 Å². The number of ether oxygens (including phenoxy) is 1. The van der Waals surface area contributed by atoms with Crippen molar-refractivity contribution in [1.29, 1.82) is 0 Å². The maximum Gasteiger partial charge on any atom is 0.227 e. The first-order valence-electron chi connectivity index (χ1n) is 12.6. The molecule has 0 bridgehead atoms. The Morgan fingerprint density at radius 1 is 1.06 bits per heavy atom. The first-order valence-corrected chi connectivity index (χ1v) is 12.6. The molecule has 1 N–H and O–H groups in total. The van der Waals surface area contributed by atoms with E-state index >= 15 is 0 Å². The van der Waals surface area contributed by atoms with Crippen LogP contribution in [0.3, 0.4) is 0 Å². The summed E-state index contributed by atoms with van der Waals surface area (Å²) < 4.78 is 5.24. The van der Waals surface area contributed by atoms with E-state index in [-0.39, 0.29) is 17.7 Å². The molecule has 2 fully saturated rings. The number of hydrogen-bond donors (Lipinski definition) is 1. The summed E-state index contributed by atoms with van der Waals surface area (Å²) in [5.41, 5.74) is 5.01. The van der Waals surface area contributed by atoms with Crippen LogP contribution in [0.4, 0.5) is 5.69 Å². The average molecular weight is 462 g/mol. The molecule has 2 aliphatic heterocycles. The van der Waals surface area contributed by atoms with Crippen molar-refractivity contribution in [2.75, 3.05) is 38.2 Å². The lowest BCUT2D eigenvalue weighted by Crippen LogP contribution is -2.40. The zero-order chi connectivity index (χ0) is 23.5. The number of benzene rings is 2. The molecule has 6 nitrogen and oxygen atoms in total. The molecule has 180 valence electrons. The van der Waals surface area contributed by atoms with E-state index in [0.29, 0.717) is 25.4 Å². The number of nitrogens with zero attached hydrogens (tertiary/aromatic N) is 2. The topological polar surface area (TPSA) is 61.9 Å². The van der Waals surface area contributed by atoms with Gasteiger partial charge in [-0.05, 0) is 92.1 Å². The average Bonchev–Trinajstić information content (AvgIpc) is 3.50. The summed E-state index contributed by atoms with van der Waals surface area (Å²) >= 11 is 0. The Balaban J connectivity index is 1.06. The lowest BCUT2D eigenvalue weighted by Gasteiger charge is -2.32. The van der Waals surface area contributed by atoms with Crippen molar-refractivity contribution < 1.29 is 14.3 Å². The van der Waals surface area contributed by atoms with E-state index in [4.69, 9.17) is 4.74 Å². The van der Waals surface area contributed by atoms with Gasteiger partial charge in [-0.1, -0.05) is 18.2 Å².